The molecule has 3 saturated heterocycles. The summed E-state index contributed by atoms with van der Waals surface area (Å²) in [5, 5.41) is 7.07. The summed E-state index contributed by atoms with van der Waals surface area (Å²) in [6.07, 6.45) is 7.04. The summed E-state index contributed by atoms with van der Waals surface area (Å²) in [5.74, 6) is 1.71. The van der Waals surface area contributed by atoms with Crippen molar-refractivity contribution in [3.05, 3.63) is 0 Å². The van der Waals surface area contributed by atoms with Crippen LogP contribution in [0.2, 0.25) is 0 Å². The third-order valence-corrected chi connectivity index (χ3v) is 5.12. The Labute approximate surface area is 151 Å². The molecule has 0 radical (unpaired) electrons. The highest BCUT2D eigenvalue weighted by Gasteiger charge is 2.41. The van der Waals surface area contributed by atoms with E-state index in [0.29, 0.717) is 18.2 Å². The lowest BCUT2D eigenvalue weighted by Crippen LogP contribution is -2.48. The number of aliphatic imine (C=N–C) groups is 1. The zero-order chi connectivity index (χ0) is 14.7. The van der Waals surface area contributed by atoms with Gasteiger partial charge in [0, 0.05) is 20.1 Å². The minimum Gasteiger partial charge on any atom is -0.373 e. The Morgan fingerprint density at radius 2 is 2.18 bits per heavy atom. The summed E-state index contributed by atoms with van der Waals surface area (Å²) in [7, 11) is 1.86. The summed E-state index contributed by atoms with van der Waals surface area (Å²) in [5.41, 5.74) is 0. The lowest BCUT2D eigenvalue weighted by Gasteiger charge is -2.23. The summed E-state index contributed by atoms with van der Waals surface area (Å²) in [4.78, 5) is 6.95. The van der Waals surface area contributed by atoms with Crippen molar-refractivity contribution in [1.82, 2.24) is 15.5 Å². The second kappa shape index (κ2) is 8.68. The predicted molar refractivity (Wildman–Crippen MR) is 101 cm³/mol. The molecule has 0 aromatic heterocycles. The Morgan fingerprint density at radius 3 is 2.82 bits per heavy atom. The van der Waals surface area contributed by atoms with Crippen LogP contribution in [0.25, 0.3) is 0 Å². The first kappa shape index (κ1) is 18.3. The maximum Gasteiger partial charge on any atom is 0.191 e. The van der Waals surface area contributed by atoms with Crippen molar-refractivity contribution in [3.63, 3.8) is 0 Å². The third-order valence-electron chi connectivity index (χ3n) is 5.12. The summed E-state index contributed by atoms with van der Waals surface area (Å²) >= 11 is 0. The van der Waals surface area contributed by atoms with Crippen LogP contribution in [-0.2, 0) is 4.74 Å². The van der Waals surface area contributed by atoms with E-state index in [1.54, 1.807) is 0 Å². The van der Waals surface area contributed by atoms with E-state index >= 15 is 0 Å². The molecule has 2 bridgehead atoms. The van der Waals surface area contributed by atoms with Crippen molar-refractivity contribution in [1.29, 1.82) is 0 Å². The SMILES string of the molecule is CCCN1CCC(CNC(=NC)NC2CC3CCC2O3)C1.I. The van der Waals surface area contributed by atoms with E-state index in [1.807, 2.05) is 7.05 Å². The number of fused-ring (bicyclic) bond motifs is 2. The van der Waals surface area contributed by atoms with Crippen LogP contribution in [0.1, 0.15) is 39.0 Å². The first-order valence-electron chi connectivity index (χ1n) is 8.63. The van der Waals surface area contributed by atoms with Gasteiger partial charge in [-0.25, -0.2) is 0 Å². The highest BCUT2D eigenvalue weighted by molar-refractivity contribution is 14.0. The first-order chi connectivity index (χ1) is 10.3. The zero-order valence-electron chi connectivity index (χ0n) is 13.9. The third kappa shape index (κ3) is 4.47. The van der Waals surface area contributed by atoms with Gasteiger partial charge >= 0.3 is 0 Å². The van der Waals surface area contributed by atoms with E-state index in [4.69, 9.17) is 4.74 Å². The van der Waals surface area contributed by atoms with Crippen LogP contribution in [0.3, 0.4) is 0 Å². The topological polar surface area (TPSA) is 48.9 Å². The average molecular weight is 422 g/mol. The van der Waals surface area contributed by atoms with E-state index in [-0.39, 0.29) is 24.0 Å². The van der Waals surface area contributed by atoms with Crippen molar-refractivity contribution in [2.75, 3.05) is 33.2 Å². The lowest BCUT2D eigenvalue weighted by atomic mass is 9.96. The van der Waals surface area contributed by atoms with Gasteiger partial charge in [0.25, 0.3) is 0 Å². The lowest BCUT2D eigenvalue weighted by molar-refractivity contribution is 0.0992. The van der Waals surface area contributed by atoms with Gasteiger partial charge in [0.2, 0.25) is 0 Å². The van der Waals surface area contributed by atoms with E-state index < -0.39 is 0 Å². The molecule has 5 nitrogen and oxygen atoms in total. The molecule has 0 aromatic rings. The fraction of sp³-hybridized carbons (Fsp3) is 0.938. The van der Waals surface area contributed by atoms with Gasteiger partial charge in [-0.1, -0.05) is 6.92 Å². The molecule has 0 saturated carbocycles. The molecule has 3 rings (SSSR count). The second-order valence-electron chi connectivity index (χ2n) is 6.77. The van der Waals surface area contributed by atoms with Crippen LogP contribution >= 0.6 is 24.0 Å². The van der Waals surface area contributed by atoms with E-state index in [2.05, 4.69) is 27.4 Å². The normalized spacial score (nSPS) is 34.7. The minimum absolute atomic E-state index is 0. The molecule has 3 heterocycles. The summed E-state index contributed by atoms with van der Waals surface area (Å²) in [6, 6.07) is 0.454. The Balaban J connectivity index is 0.00000176. The molecule has 2 N–H and O–H groups in total. The molecule has 128 valence electrons. The highest BCUT2D eigenvalue weighted by atomic mass is 127. The van der Waals surface area contributed by atoms with Gasteiger partial charge in [-0.3, -0.25) is 4.99 Å². The molecule has 0 amide bonds. The van der Waals surface area contributed by atoms with Gasteiger partial charge in [-0.15, -0.1) is 24.0 Å². The number of nitrogens with one attached hydrogen (secondary N) is 2. The van der Waals surface area contributed by atoms with E-state index in [0.717, 1.165) is 24.8 Å². The summed E-state index contributed by atoms with van der Waals surface area (Å²) in [6.45, 7) is 7.02. The minimum atomic E-state index is 0. The van der Waals surface area contributed by atoms with Gasteiger partial charge in [0.1, 0.15) is 0 Å². The molecule has 3 fully saturated rings. The number of likely N-dealkylation sites (tertiary alicyclic amines) is 1. The van der Waals surface area contributed by atoms with E-state index in [1.165, 1.54) is 45.3 Å². The van der Waals surface area contributed by atoms with Crippen LogP contribution in [-0.4, -0.2) is 62.3 Å². The fourth-order valence-corrected chi connectivity index (χ4v) is 4.00. The summed E-state index contributed by atoms with van der Waals surface area (Å²) < 4.78 is 5.90. The van der Waals surface area contributed by atoms with Crippen molar-refractivity contribution in [2.24, 2.45) is 10.9 Å². The van der Waals surface area contributed by atoms with Crippen molar-refractivity contribution >= 4 is 29.9 Å². The number of nitrogens with zero attached hydrogens (tertiary/aromatic N) is 2. The van der Waals surface area contributed by atoms with Crippen molar-refractivity contribution < 1.29 is 4.74 Å². The Kier molecular flexibility index (Phi) is 7.21. The van der Waals surface area contributed by atoms with Gasteiger partial charge in [-0.05, 0) is 51.1 Å². The number of hydrogen-bond acceptors (Lipinski definition) is 3. The number of halogens is 1. The molecular weight excluding hydrogens is 391 g/mol. The molecule has 0 aromatic carbocycles. The fourth-order valence-electron chi connectivity index (χ4n) is 4.00. The predicted octanol–water partition coefficient (Wildman–Crippen LogP) is 1.82. The maximum absolute atomic E-state index is 5.90. The maximum atomic E-state index is 5.90. The van der Waals surface area contributed by atoms with Gasteiger partial charge in [0.05, 0.1) is 18.2 Å². The Hall–Kier alpha value is -0.0800. The largest absolute Gasteiger partial charge is 0.373 e. The van der Waals surface area contributed by atoms with Crippen LogP contribution in [0.5, 0.6) is 0 Å². The van der Waals surface area contributed by atoms with E-state index in [9.17, 15) is 0 Å². The number of hydrogen-bond donors (Lipinski definition) is 2. The monoisotopic (exact) mass is 422 g/mol. The van der Waals surface area contributed by atoms with Gasteiger partial charge < -0.3 is 20.3 Å². The van der Waals surface area contributed by atoms with Crippen LogP contribution in [0.15, 0.2) is 4.99 Å². The highest BCUT2D eigenvalue weighted by Crippen LogP contribution is 2.34. The second-order valence-corrected chi connectivity index (χ2v) is 6.77. The molecule has 3 aliphatic heterocycles. The van der Waals surface area contributed by atoms with Crippen LogP contribution in [0.4, 0.5) is 0 Å². The van der Waals surface area contributed by atoms with Gasteiger partial charge in [-0.2, -0.15) is 0 Å². The quantitative estimate of drug-likeness (QED) is 0.403. The molecule has 0 spiro atoms. The number of rotatable bonds is 5. The van der Waals surface area contributed by atoms with Crippen molar-refractivity contribution in [2.45, 2.75) is 57.3 Å². The number of guanidine groups is 1. The van der Waals surface area contributed by atoms with Crippen LogP contribution < -0.4 is 10.6 Å². The zero-order valence-corrected chi connectivity index (χ0v) is 16.2. The smallest absolute Gasteiger partial charge is 0.191 e. The molecule has 3 aliphatic rings. The average Bonchev–Trinajstić information content (AvgIpc) is 3.20. The molecule has 4 unspecified atom stereocenters. The van der Waals surface area contributed by atoms with Gasteiger partial charge in [0.15, 0.2) is 5.96 Å². The molecule has 22 heavy (non-hydrogen) atoms. The molecule has 4 atom stereocenters. The first-order valence-corrected chi connectivity index (χ1v) is 8.63. The van der Waals surface area contributed by atoms with Crippen molar-refractivity contribution in [3.8, 4) is 0 Å². The number of ether oxygens (including phenoxy) is 1. The molecule has 6 heteroatoms. The van der Waals surface area contributed by atoms with Crippen LogP contribution in [0, 0.1) is 5.92 Å². The molecular formula is C16H31IN4O. The molecule has 0 aliphatic carbocycles. The Morgan fingerprint density at radius 1 is 1.32 bits per heavy atom. The Bertz CT molecular complexity index is 379. The standard InChI is InChI=1S/C16H30N4O.HI/c1-3-7-20-8-6-12(11-20)10-18-16(17-2)19-14-9-13-4-5-15(14)21-13;/h12-15H,3-11H2,1-2H3,(H2,17,18,19);1H.